The zero-order valence-corrected chi connectivity index (χ0v) is 26.9. The number of hydrogen-bond acceptors (Lipinski definition) is 8. The lowest BCUT2D eigenvalue weighted by Crippen LogP contribution is -2.31. The van der Waals surface area contributed by atoms with Gasteiger partial charge in [0.15, 0.2) is 0 Å². The van der Waals surface area contributed by atoms with Crippen LogP contribution in [-0.4, -0.2) is 56.0 Å². The van der Waals surface area contributed by atoms with E-state index in [-0.39, 0.29) is 47.4 Å². The Morgan fingerprint density at radius 1 is 1.12 bits per heavy atom. The third kappa shape index (κ3) is 6.25. The molecule has 0 unspecified atom stereocenters. The number of halogens is 3. The number of nitrogens with zero attached hydrogens (tertiary/aromatic N) is 4. The van der Waals surface area contributed by atoms with Gasteiger partial charge in [0.1, 0.15) is 41.1 Å². The Morgan fingerprint density at radius 3 is 2.69 bits per heavy atom. The molecule has 2 aromatic heterocycles. The molecule has 1 fully saturated rings. The van der Waals surface area contributed by atoms with Crippen molar-refractivity contribution in [2.45, 2.75) is 58.5 Å². The molecule has 3 aromatic carbocycles. The van der Waals surface area contributed by atoms with Gasteiger partial charge in [-0.2, -0.15) is 4.98 Å². The first-order chi connectivity index (χ1) is 23.1. The fourth-order valence-electron chi connectivity index (χ4n) is 5.97. The Hall–Kier alpha value is -4.81. The van der Waals surface area contributed by atoms with Crippen molar-refractivity contribution >= 4 is 28.6 Å². The molecule has 5 aromatic rings. The number of benzene rings is 3. The minimum atomic E-state index is -1.09. The Balaban J connectivity index is 1.25. The Bertz CT molecular complexity index is 2050. The Kier molecular flexibility index (Phi) is 8.61. The molecule has 0 radical (unpaired) electrons. The molecule has 10 nitrogen and oxygen atoms in total. The van der Waals surface area contributed by atoms with Crippen LogP contribution in [0.2, 0.25) is 5.02 Å². The zero-order valence-electron chi connectivity index (χ0n) is 26.1. The van der Waals surface area contributed by atoms with Crippen LogP contribution in [-0.2, 0) is 30.7 Å². The van der Waals surface area contributed by atoms with Gasteiger partial charge in [0, 0.05) is 52.9 Å². The Morgan fingerprint density at radius 2 is 1.96 bits per heavy atom. The van der Waals surface area contributed by atoms with Gasteiger partial charge in [-0.25, -0.2) is 23.5 Å². The molecular formula is C35H31ClF2N4O6. The SMILES string of the molecule is CC(C)Oc1cc(C(=O)O)cc2c1nc(Cc1c(F)cc(-c3ccnc(OCc4ccc(Cl)cc4F)n3)c3c1CCO3)n2C[C@@H]1CCO1. The lowest BCUT2D eigenvalue weighted by Gasteiger charge is -2.27. The maximum Gasteiger partial charge on any atom is 0.335 e. The minimum Gasteiger partial charge on any atom is -0.492 e. The number of carbonyl (C=O) groups is 1. The summed E-state index contributed by atoms with van der Waals surface area (Å²) < 4.78 is 55.8. The predicted octanol–water partition coefficient (Wildman–Crippen LogP) is 6.80. The number of rotatable bonds is 11. The Labute approximate surface area is 279 Å². The van der Waals surface area contributed by atoms with Gasteiger partial charge in [-0.3, -0.25) is 0 Å². The second-order valence-corrected chi connectivity index (χ2v) is 12.4. The fourth-order valence-corrected chi connectivity index (χ4v) is 6.13. The smallest absolute Gasteiger partial charge is 0.335 e. The van der Waals surface area contributed by atoms with Gasteiger partial charge in [-0.1, -0.05) is 17.7 Å². The lowest BCUT2D eigenvalue weighted by molar-refractivity contribution is -0.0589. The summed E-state index contributed by atoms with van der Waals surface area (Å²) in [7, 11) is 0. The van der Waals surface area contributed by atoms with Gasteiger partial charge in [0.05, 0.1) is 42.1 Å². The van der Waals surface area contributed by atoms with Crippen LogP contribution in [0.25, 0.3) is 22.3 Å². The number of hydrogen-bond donors (Lipinski definition) is 1. The third-order valence-electron chi connectivity index (χ3n) is 8.34. The normalized spacial score (nSPS) is 15.3. The highest BCUT2D eigenvalue weighted by molar-refractivity contribution is 6.30. The van der Waals surface area contributed by atoms with Crippen LogP contribution < -0.4 is 14.2 Å². The van der Waals surface area contributed by atoms with Gasteiger partial charge in [-0.15, -0.1) is 0 Å². The van der Waals surface area contributed by atoms with Crippen molar-refractivity contribution in [2.75, 3.05) is 13.2 Å². The maximum absolute atomic E-state index is 16.2. The molecule has 1 saturated heterocycles. The molecule has 1 atom stereocenters. The molecule has 0 amide bonds. The van der Waals surface area contributed by atoms with Gasteiger partial charge in [0.2, 0.25) is 0 Å². The summed E-state index contributed by atoms with van der Waals surface area (Å²) >= 11 is 5.85. The van der Waals surface area contributed by atoms with E-state index in [2.05, 4.69) is 9.97 Å². The van der Waals surface area contributed by atoms with Crippen molar-refractivity contribution in [3.8, 4) is 28.8 Å². The minimum absolute atomic E-state index is 0.00911. The van der Waals surface area contributed by atoms with Gasteiger partial charge in [-0.05, 0) is 56.7 Å². The van der Waals surface area contributed by atoms with Crippen molar-refractivity contribution in [3.63, 3.8) is 0 Å². The van der Waals surface area contributed by atoms with Crippen molar-refractivity contribution in [3.05, 3.63) is 93.4 Å². The van der Waals surface area contributed by atoms with Crippen LogP contribution in [0.1, 0.15) is 53.1 Å². The molecule has 7 rings (SSSR count). The molecule has 248 valence electrons. The number of fused-ring (bicyclic) bond motifs is 2. The summed E-state index contributed by atoms with van der Waals surface area (Å²) in [5.74, 6) is -0.679. The van der Waals surface area contributed by atoms with E-state index in [0.717, 1.165) is 6.42 Å². The highest BCUT2D eigenvalue weighted by Crippen LogP contribution is 2.41. The molecule has 0 spiro atoms. The van der Waals surface area contributed by atoms with Crippen LogP contribution in [0.3, 0.4) is 0 Å². The molecule has 0 saturated carbocycles. The van der Waals surface area contributed by atoms with Crippen molar-refractivity contribution < 1.29 is 37.6 Å². The first kappa shape index (κ1) is 31.8. The van der Waals surface area contributed by atoms with Crippen LogP contribution in [0.15, 0.2) is 48.7 Å². The molecule has 0 aliphatic carbocycles. The summed E-state index contributed by atoms with van der Waals surface area (Å²) in [6, 6.07) is 10.3. The van der Waals surface area contributed by atoms with Crippen LogP contribution in [0.5, 0.6) is 17.5 Å². The number of carboxylic acids is 1. The lowest BCUT2D eigenvalue weighted by atomic mass is 9.96. The zero-order chi connectivity index (χ0) is 33.5. The first-order valence-electron chi connectivity index (χ1n) is 15.6. The van der Waals surface area contributed by atoms with E-state index in [0.29, 0.717) is 76.9 Å². The average Bonchev–Trinajstić information content (AvgIpc) is 3.65. The standard InChI is InChI=1S/C35H31ClF2N4O6/c1-18(2)48-30-12-20(34(43)44)11-29-32(30)41-31(42(29)16-22-6-9-45-22)15-24-23-7-10-46-33(23)25(14-27(24)38)28-5-8-39-35(40-28)47-17-19-3-4-21(36)13-26(19)37/h3-5,8,11-14,18,22H,6-7,9-10,15-17H2,1-2H3,(H,43,44)/t22-/m0/s1. The average molecular weight is 677 g/mol. The third-order valence-corrected chi connectivity index (χ3v) is 8.58. The highest BCUT2D eigenvalue weighted by Gasteiger charge is 2.29. The number of ether oxygens (including phenoxy) is 4. The van der Waals surface area contributed by atoms with Crippen molar-refractivity contribution in [1.29, 1.82) is 0 Å². The number of imidazole rings is 1. The second kappa shape index (κ2) is 13.0. The molecule has 2 aliphatic rings. The maximum atomic E-state index is 16.2. The molecule has 4 heterocycles. The molecule has 13 heteroatoms. The number of aromatic carboxylic acids is 1. The van der Waals surface area contributed by atoms with E-state index in [1.807, 2.05) is 18.4 Å². The van der Waals surface area contributed by atoms with Crippen LogP contribution in [0, 0.1) is 11.6 Å². The largest absolute Gasteiger partial charge is 0.492 e. The van der Waals surface area contributed by atoms with Crippen molar-refractivity contribution in [1.82, 2.24) is 19.5 Å². The van der Waals surface area contributed by atoms with Gasteiger partial charge in [0.25, 0.3) is 0 Å². The van der Waals surface area contributed by atoms with Crippen molar-refractivity contribution in [2.24, 2.45) is 0 Å². The quantitative estimate of drug-likeness (QED) is 0.161. The van der Waals surface area contributed by atoms with Crippen LogP contribution >= 0.6 is 11.6 Å². The molecule has 0 bridgehead atoms. The van der Waals surface area contributed by atoms with Gasteiger partial charge < -0.3 is 28.6 Å². The summed E-state index contributed by atoms with van der Waals surface area (Å²) in [6.45, 7) is 5.00. The summed E-state index contributed by atoms with van der Waals surface area (Å²) in [5, 5.41) is 10.1. The van der Waals surface area contributed by atoms with E-state index in [9.17, 15) is 14.3 Å². The van der Waals surface area contributed by atoms with E-state index >= 15 is 4.39 Å². The number of aromatic nitrogens is 4. The number of carboxylic acid groups (broad SMARTS) is 1. The molecular weight excluding hydrogens is 646 g/mol. The van der Waals surface area contributed by atoms with E-state index < -0.39 is 17.6 Å². The van der Waals surface area contributed by atoms with E-state index in [4.69, 9.17) is 35.5 Å². The van der Waals surface area contributed by atoms with E-state index in [1.165, 1.54) is 30.5 Å². The molecule has 2 aliphatic heterocycles. The second-order valence-electron chi connectivity index (χ2n) is 12.0. The van der Waals surface area contributed by atoms with E-state index in [1.54, 1.807) is 18.2 Å². The summed E-state index contributed by atoms with van der Waals surface area (Å²) in [4.78, 5) is 25.5. The predicted molar refractivity (Wildman–Crippen MR) is 172 cm³/mol. The first-order valence-corrected chi connectivity index (χ1v) is 15.9. The fraction of sp³-hybridized carbons (Fsp3) is 0.314. The monoisotopic (exact) mass is 676 g/mol. The topological polar surface area (TPSA) is 118 Å². The summed E-state index contributed by atoms with van der Waals surface area (Å²) in [6.07, 6.45) is 2.62. The van der Waals surface area contributed by atoms with Gasteiger partial charge >= 0.3 is 12.0 Å². The summed E-state index contributed by atoms with van der Waals surface area (Å²) in [5.41, 5.74) is 3.35. The molecule has 48 heavy (non-hydrogen) atoms. The highest BCUT2D eigenvalue weighted by atomic mass is 35.5. The molecule has 1 N–H and O–H groups in total. The van der Waals surface area contributed by atoms with Crippen LogP contribution in [0.4, 0.5) is 8.78 Å².